The summed E-state index contributed by atoms with van der Waals surface area (Å²) in [4.78, 5) is 24.5. The molecule has 0 aliphatic carbocycles. The van der Waals surface area contributed by atoms with Gasteiger partial charge in [-0.05, 0) is 12.1 Å². The Kier molecular flexibility index (Phi) is 3.27. The number of amides is 1. The van der Waals surface area contributed by atoms with E-state index in [9.17, 15) is 18.4 Å². The van der Waals surface area contributed by atoms with E-state index in [0.29, 0.717) is 0 Å². The highest BCUT2D eigenvalue weighted by atomic mass is 19.3. The average molecular weight is 216 g/mol. The van der Waals surface area contributed by atoms with E-state index in [0.717, 1.165) is 12.3 Å². The summed E-state index contributed by atoms with van der Waals surface area (Å²) in [5.41, 5.74) is -0.144. The molecule has 0 fully saturated rings. The van der Waals surface area contributed by atoms with Crippen molar-refractivity contribution in [3.05, 3.63) is 23.9 Å². The van der Waals surface area contributed by atoms with Gasteiger partial charge in [-0.3, -0.25) is 4.79 Å². The number of hydrogen-bond acceptors (Lipinski definition) is 3. The number of hydrogen-bond donors (Lipinski definition) is 2. The summed E-state index contributed by atoms with van der Waals surface area (Å²) in [6.45, 7) is 0. The van der Waals surface area contributed by atoms with Gasteiger partial charge in [-0.25, -0.2) is 9.78 Å². The number of carboxylic acids is 1. The van der Waals surface area contributed by atoms with E-state index >= 15 is 0 Å². The normalized spacial score (nSPS) is 10.1. The molecular weight excluding hydrogens is 210 g/mol. The molecule has 1 rings (SSSR count). The van der Waals surface area contributed by atoms with Gasteiger partial charge in [0.2, 0.25) is 0 Å². The van der Waals surface area contributed by atoms with Crippen LogP contribution in [-0.2, 0) is 4.79 Å². The van der Waals surface area contributed by atoms with E-state index in [1.807, 2.05) is 0 Å². The van der Waals surface area contributed by atoms with Crippen LogP contribution in [0.5, 0.6) is 0 Å². The molecule has 1 amide bonds. The molecule has 15 heavy (non-hydrogen) atoms. The van der Waals surface area contributed by atoms with Gasteiger partial charge in [-0.15, -0.1) is 0 Å². The van der Waals surface area contributed by atoms with Gasteiger partial charge in [0.05, 0.1) is 5.56 Å². The second kappa shape index (κ2) is 4.45. The topological polar surface area (TPSA) is 79.3 Å². The SMILES string of the molecule is O=C(O)c1ccnc(NC(=O)C(F)F)c1. The van der Waals surface area contributed by atoms with Gasteiger partial charge >= 0.3 is 12.4 Å². The molecule has 0 saturated heterocycles. The molecule has 0 aliphatic heterocycles. The Labute approximate surface area is 82.7 Å². The Balaban J connectivity index is 2.83. The van der Waals surface area contributed by atoms with Crippen molar-refractivity contribution in [2.75, 3.05) is 5.32 Å². The maximum absolute atomic E-state index is 11.8. The molecule has 0 radical (unpaired) electrons. The van der Waals surface area contributed by atoms with Gasteiger partial charge in [0.15, 0.2) is 0 Å². The molecule has 0 bridgehead atoms. The maximum Gasteiger partial charge on any atom is 0.335 e. The molecule has 0 atom stereocenters. The van der Waals surface area contributed by atoms with Crippen LogP contribution in [0.15, 0.2) is 18.3 Å². The molecule has 0 unspecified atom stereocenters. The van der Waals surface area contributed by atoms with E-state index in [1.54, 1.807) is 5.32 Å². The van der Waals surface area contributed by atoms with Crippen LogP contribution in [0, 0.1) is 0 Å². The fourth-order valence-electron chi connectivity index (χ4n) is 0.813. The standard InChI is InChI=1S/C8H6F2N2O3/c9-6(10)7(13)12-5-3-4(8(14)15)1-2-11-5/h1-3,6H,(H,14,15)(H,11,12,13). The number of carbonyl (C=O) groups is 2. The van der Waals surface area contributed by atoms with Crippen LogP contribution in [0.4, 0.5) is 14.6 Å². The third-order valence-electron chi connectivity index (χ3n) is 1.46. The predicted octanol–water partition coefficient (Wildman–Crippen LogP) is 0.983. The lowest BCUT2D eigenvalue weighted by molar-refractivity contribution is -0.126. The van der Waals surface area contributed by atoms with Crippen LogP contribution in [-0.4, -0.2) is 28.4 Å². The quantitative estimate of drug-likeness (QED) is 0.789. The highest BCUT2D eigenvalue weighted by Gasteiger charge is 2.16. The summed E-state index contributed by atoms with van der Waals surface area (Å²) in [5.74, 6) is -2.98. The predicted molar refractivity (Wildman–Crippen MR) is 45.8 cm³/mol. The first-order valence-corrected chi connectivity index (χ1v) is 3.79. The van der Waals surface area contributed by atoms with Crippen molar-refractivity contribution < 1.29 is 23.5 Å². The Morgan fingerprint density at radius 2 is 2.13 bits per heavy atom. The largest absolute Gasteiger partial charge is 0.478 e. The Morgan fingerprint density at radius 1 is 1.47 bits per heavy atom. The molecule has 7 heteroatoms. The molecule has 80 valence electrons. The van der Waals surface area contributed by atoms with Crippen LogP contribution in [0.2, 0.25) is 0 Å². The monoisotopic (exact) mass is 216 g/mol. The summed E-state index contributed by atoms with van der Waals surface area (Å²) < 4.78 is 23.6. The number of anilines is 1. The number of nitrogens with zero attached hydrogens (tertiary/aromatic N) is 1. The van der Waals surface area contributed by atoms with Crippen LogP contribution in [0.3, 0.4) is 0 Å². The van der Waals surface area contributed by atoms with E-state index in [4.69, 9.17) is 5.11 Å². The average Bonchev–Trinajstić information content (AvgIpc) is 2.18. The number of rotatable bonds is 3. The molecule has 0 aromatic carbocycles. The summed E-state index contributed by atoms with van der Waals surface area (Å²) >= 11 is 0. The van der Waals surface area contributed by atoms with Gasteiger partial charge in [0.25, 0.3) is 5.91 Å². The first-order chi connectivity index (χ1) is 7.00. The Bertz CT molecular complexity index is 395. The minimum Gasteiger partial charge on any atom is -0.478 e. The van der Waals surface area contributed by atoms with E-state index < -0.39 is 18.3 Å². The fraction of sp³-hybridized carbons (Fsp3) is 0.125. The molecule has 2 N–H and O–H groups in total. The number of aromatic nitrogens is 1. The highest BCUT2D eigenvalue weighted by Crippen LogP contribution is 2.08. The van der Waals surface area contributed by atoms with E-state index in [2.05, 4.69) is 4.98 Å². The number of alkyl halides is 2. The Morgan fingerprint density at radius 3 is 2.67 bits per heavy atom. The van der Waals surface area contributed by atoms with Crippen molar-refractivity contribution in [2.24, 2.45) is 0 Å². The number of carbonyl (C=O) groups excluding carboxylic acids is 1. The molecule has 0 aliphatic rings. The zero-order valence-corrected chi connectivity index (χ0v) is 7.28. The number of carboxylic acid groups (broad SMARTS) is 1. The van der Waals surface area contributed by atoms with Crippen LogP contribution < -0.4 is 5.32 Å². The number of nitrogens with one attached hydrogen (secondary N) is 1. The third-order valence-corrected chi connectivity index (χ3v) is 1.46. The van der Waals surface area contributed by atoms with E-state index in [1.165, 1.54) is 6.07 Å². The first-order valence-electron chi connectivity index (χ1n) is 3.79. The molecule has 1 heterocycles. The number of aromatic carboxylic acids is 1. The Hall–Kier alpha value is -2.05. The molecule has 0 spiro atoms. The second-order valence-electron chi connectivity index (χ2n) is 2.52. The maximum atomic E-state index is 11.8. The van der Waals surface area contributed by atoms with Crippen molar-refractivity contribution in [1.82, 2.24) is 4.98 Å². The van der Waals surface area contributed by atoms with Crippen molar-refractivity contribution in [1.29, 1.82) is 0 Å². The highest BCUT2D eigenvalue weighted by molar-refractivity contribution is 5.94. The zero-order valence-electron chi connectivity index (χ0n) is 7.28. The first kappa shape index (κ1) is 11.0. The zero-order chi connectivity index (χ0) is 11.4. The fourth-order valence-corrected chi connectivity index (χ4v) is 0.813. The van der Waals surface area contributed by atoms with Crippen molar-refractivity contribution in [3.63, 3.8) is 0 Å². The summed E-state index contributed by atoms with van der Waals surface area (Å²) in [5, 5.41) is 10.3. The van der Waals surface area contributed by atoms with Gasteiger partial charge in [-0.1, -0.05) is 0 Å². The van der Waals surface area contributed by atoms with Crippen molar-refractivity contribution in [3.8, 4) is 0 Å². The third kappa shape index (κ3) is 2.97. The van der Waals surface area contributed by atoms with Crippen LogP contribution in [0.25, 0.3) is 0 Å². The lowest BCUT2D eigenvalue weighted by Gasteiger charge is -2.03. The smallest absolute Gasteiger partial charge is 0.335 e. The lowest BCUT2D eigenvalue weighted by atomic mass is 10.2. The van der Waals surface area contributed by atoms with Crippen LogP contribution in [0.1, 0.15) is 10.4 Å². The van der Waals surface area contributed by atoms with Gasteiger partial charge < -0.3 is 10.4 Å². The summed E-state index contributed by atoms with van der Waals surface area (Å²) in [6, 6.07) is 2.17. The van der Waals surface area contributed by atoms with Gasteiger partial charge in [-0.2, -0.15) is 8.78 Å². The van der Waals surface area contributed by atoms with Gasteiger partial charge in [0, 0.05) is 6.20 Å². The number of pyridine rings is 1. The molecular formula is C8H6F2N2O3. The molecule has 5 nitrogen and oxygen atoms in total. The summed E-state index contributed by atoms with van der Waals surface area (Å²) in [6.07, 6.45) is -2.06. The molecule has 1 aromatic rings. The minimum absolute atomic E-state index is 0.144. The van der Waals surface area contributed by atoms with E-state index in [-0.39, 0.29) is 11.4 Å². The van der Waals surface area contributed by atoms with Gasteiger partial charge in [0.1, 0.15) is 5.82 Å². The van der Waals surface area contributed by atoms with Crippen molar-refractivity contribution in [2.45, 2.75) is 6.43 Å². The molecule has 1 aromatic heterocycles. The second-order valence-corrected chi connectivity index (χ2v) is 2.52. The lowest BCUT2D eigenvalue weighted by Crippen LogP contribution is -2.20. The summed E-state index contributed by atoms with van der Waals surface area (Å²) in [7, 11) is 0. The minimum atomic E-state index is -3.17. The number of halogens is 2. The molecule has 0 saturated carbocycles. The van der Waals surface area contributed by atoms with Crippen molar-refractivity contribution >= 4 is 17.7 Å². The van der Waals surface area contributed by atoms with Crippen LogP contribution >= 0.6 is 0 Å².